The minimum atomic E-state index is -0.342. The van der Waals surface area contributed by atoms with Crippen LogP contribution in [-0.2, 0) is 0 Å². The van der Waals surface area contributed by atoms with Gasteiger partial charge < -0.3 is 10.2 Å². The molecule has 0 radical (unpaired) electrons. The van der Waals surface area contributed by atoms with Crippen LogP contribution in [0.25, 0.3) is 10.9 Å². The number of pyridine rings is 1. The van der Waals surface area contributed by atoms with Gasteiger partial charge in [-0.15, -0.1) is 0 Å². The summed E-state index contributed by atoms with van der Waals surface area (Å²) in [6.07, 6.45) is 1.05. The monoisotopic (exact) mass is 192 g/mol. The van der Waals surface area contributed by atoms with Crippen molar-refractivity contribution in [2.45, 2.75) is 6.92 Å². The number of benzene rings is 1. The van der Waals surface area contributed by atoms with Crippen LogP contribution in [-0.4, -0.2) is 15.4 Å². The van der Waals surface area contributed by atoms with Crippen molar-refractivity contribution in [1.29, 1.82) is 0 Å². The van der Waals surface area contributed by atoms with Crippen LogP contribution in [0.5, 0.6) is 11.5 Å². The first kappa shape index (κ1) is 8.62. The number of aromatic nitrogens is 1. The average molecular weight is 192 g/mol. The summed E-state index contributed by atoms with van der Waals surface area (Å²) in [7, 11) is 0. The summed E-state index contributed by atoms with van der Waals surface area (Å²) in [5, 5.41) is 28.6. The van der Waals surface area contributed by atoms with Crippen LogP contribution in [0.4, 0.5) is 0 Å². The first-order valence-corrected chi connectivity index (χ1v) is 4.16. The van der Waals surface area contributed by atoms with E-state index in [-0.39, 0.29) is 11.5 Å². The van der Waals surface area contributed by atoms with Gasteiger partial charge in [-0.05, 0) is 18.6 Å². The topological polar surface area (TPSA) is 64.6 Å². The first-order chi connectivity index (χ1) is 6.59. The smallest absolute Gasteiger partial charge is 0.268 e. The third kappa shape index (κ3) is 1.12. The number of aromatic hydroxyl groups is 2. The van der Waals surface area contributed by atoms with E-state index >= 15 is 0 Å². The Labute approximate surface area is 80.2 Å². The van der Waals surface area contributed by atoms with Crippen molar-refractivity contribution in [2.24, 2.45) is 0 Å². The molecule has 0 aliphatic heterocycles. The van der Waals surface area contributed by atoms with Crippen LogP contribution in [0.3, 0.4) is 0 Å². The summed E-state index contributed by atoms with van der Waals surface area (Å²) in [4.78, 5) is 0. The number of rotatable bonds is 0. The summed E-state index contributed by atoms with van der Waals surface area (Å²) in [6, 6.07) is 5.17. The number of hydrogen-bond acceptors (Lipinski definition) is 3. The van der Waals surface area contributed by atoms with Gasteiger partial charge in [-0.25, -0.2) is 0 Å². The lowest BCUT2D eigenvalue weighted by atomic mass is 10.1. The van der Waals surface area contributed by atoms with E-state index in [1.165, 1.54) is 0 Å². The Morgan fingerprint density at radius 1 is 1.21 bits per heavy atom. The van der Waals surface area contributed by atoms with Gasteiger partial charge in [-0.2, -0.15) is 0 Å². The minimum absolute atomic E-state index is 0.214. The summed E-state index contributed by atoms with van der Waals surface area (Å²) >= 11 is 0. The molecule has 0 fully saturated rings. The molecule has 0 bridgehead atoms. The van der Waals surface area contributed by atoms with Crippen molar-refractivity contribution in [3.05, 3.63) is 30.0 Å². The Bertz CT molecular complexity index is 508. The molecule has 0 amide bonds. The van der Waals surface area contributed by atoms with Gasteiger partial charge in [0, 0.05) is 10.8 Å². The van der Waals surface area contributed by atoms with E-state index in [1.807, 2.05) is 13.0 Å². The highest BCUT2D eigenvalue weighted by atomic mass is 16.5. The molecule has 3 N–H and O–H groups in total. The zero-order chi connectivity index (χ0) is 10.3. The van der Waals surface area contributed by atoms with E-state index in [0.29, 0.717) is 10.9 Å². The van der Waals surface area contributed by atoms with Crippen molar-refractivity contribution in [2.75, 3.05) is 0 Å². The maximum absolute atomic E-state index is 9.53. The van der Waals surface area contributed by atoms with Gasteiger partial charge in [0.05, 0.1) is 5.39 Å². The molecule has 72 valence electrons. The lowest BCUT2D eigenvalue weighted by Crippen LogP contribution is -2.29. The number of fused-ring (bicyclic) bond motifs is 1. The Balaban J connectivity index is 2.95. The summed E-state index contributed by atoms with van der Waals surface area (Å²) < 4.78 is 0.782. The van der Waals surface area contributed by atoms with E-state index in [1.54, 1.807) is 12.1 Å². The standard InChI is InChI=1S/C10H9NO3/c1-6-2-3-8-7(4-6)10(13)9(12)5-11(8)14/h2-5,12,14H,1H3/p+1. The average Bonchev–Trinajstić information content (AvgIpc) is 2.14. The predicted molar refractivity (Wildman–Crippen MR) is 49.4 cm³/mol. The van der Waals surface area contributed by atoms with Crippen molar-refractivity contribution in [3.63, 3.8) is 0 Å². The van der Waals surface area contributed by atoms with Gasteiger partial charge in [0.25, 0.3) is 11.7 Å². The molecule has 14 heavy (non-hydrogen) atoms. The van der Waals surface area contributed by atoms with Gasteiger partial charge in [0.15, 0.2) is 5.75 Å². The van der Waals surface area contributed by atoms with Crippen LogP contribution in [0.2, 0.25) is 0 Å². The van der Waals surface area contributed by atoms with Crippen LogP contribution in [0.15, 0.2) is 24.4 Å². The molecule has 0 aliphatic carbocycles. The number of hydrogen-bond donors (Lipinski definition) is 3. The molecule has 0 atom stereocenters. The molecule has 1 heterocycles. The van der Waals surface area contributed by atoms with E-state index in [9.17, 15) is 15.4 Å². The summed E-state index contributed by atoms with van der Waals surface area (Å²) in [6.45, 7) is 1.87. The minimum Gasteiger partial charge on any atom is -0.504 e. The van der Waals surface area contributed by atoms with Crippen molar-refractivity contribution in [1.82, 2.24) is 0 Å². The van der Waals surface area contributed by atoms with Crippen molar-refractivity contribution < 1.29 is 20.2 Å². The van der Waals surface area contributed by atoms with Crippen LogP contribution < -0.4 is 4.73 Å². The van der Waals surface area contributed by atoms with E-state index < -0.39 is 0 Å². The lowest BCUT2D eigenvalue weighted by Gasteiger charge is -2.00. The van der Waals surface area contributed by atoms with Gasteiger partial charge in [0.1, 0.15) is 0 Å². The molecular weight excluding hydrogens is 182 g/mol. The molecule has 1 aromatic heterocycles. The fourth-order valence-corrected chi connectivity index (χ4v) is 1.42. The number of aryl methyl sites for hydroxylation is 1. The second-order valence-corrected chi connectivity index (χ2v) is 3.23. The third-order valence-electron chi connectivity index (χ3n) is 2.14. The molecule has 0 spiro atoms. The fraction of sp³-hybridized carbons (Fsp3) is 0.100. The highest BCUT2D eigenvalue weighted by Crippen LogP contribution is 2.30. The molecule has 2 rings (SSSR count). The molecule has 0 aliphatic rings. The lowest BCUT2D eigenvalue weighted by molar-refractivity contribution is -0.884. The van der Waals surface area contributed by atoms with Crippen molar-refractivity contribution in [3.8, 4) is 11.5 Å². The van der Waals surface area contributed by atoms with E-state index in [2.05, 4.69) is 0 Å². The Morgan fingerprint density at radius 2 is 1.93 bits per heavy atom. The van der Waals surface area contributed by atoms with Gasteiger partial charge >= 0.3 is 0 Å². The Morgan fingerprint density at radius 3 is 2.64 bits per heavy atom. The fourth-order valence-electron chi connectivity index (χ4n) is 1.42. The number of nitrogens with zero attached hydrogens (tertiary/aromatic N) is 1. The SMILES string of the molecule is Cc1ccc2c(c1)c(O)c(O)c[n+]2O. The second-order valence-electron chi connectivity index (χ2n) is 3.23. The highest BCUT2D eigenvalue weighted by molar-refractivity contribution is 5.84. The predicted octanol–water partition coefficient (Wildman–Crippen LogP) is 1.08. The molecule has 1 aromatic carbocycles. The molecule has 0 saturated carbocycles. The Hall–Kier alpha value is -1.97. The molecule has 4 nitrogen and oxygen atoms in total. The first-order valence-electron chi connectivity index (χ1n) is 4.16. The normalized spacial score (nSPS) is 10.6. The zero-order valence-corrected chi connectivity index (χ0v) is 7.60. The zero-order valence-electron chi connectivity index (χ0n) is 7.60. The van der Waals surface area contributed by atoms with Crippen LogP contribution in [0.1, 0.15) is 5.56 Å². The molecule has 2 aromatic rings. The molecule has 0 saturated heterocycles. The largest absolute Gasteiger partial charge is 0.504 e. The van der Waals surface area contributed by atoms with Crippen molar-refractivity contribution >= 4 is 10.9 Å². The van der Waals surface area contributed by atoms with E-state index in [0.717, 1.165) is 16.5 Å². The summed E-state index contributed by atoms with van der Waals surface area (Å²) in [5.74, 6) is -0.556. The van der Waals surface area contributed by atoms with Gasteiger partial charge in [0.2, 0.25) is 5.75 Å². The molecule has 0 unspecified atom stereocenters. The third-order valence-corrected chi connectivity index (χ3v) is 2.14. The Kier molecular flexibility index (Phi) is 1.70. The summed E-state index contributed by atoms with van der Waals surface area (Å²) in [5.41, 5.74) is 1.39. The quantitative estimate of drug-likeness (QED) is 0.432. The molecular formula is C10H10NO3+. The highest BCUT2D eigenvalue weighted by Gasteiger charge is 2.16. The van der Waals surface area contributed by atoms with E-state index in [4.69, 9.17) is 0 Å². The maximum Gasteiger partial charge on any atom is 0.268 e. The van der Waals surface area contributed by atoms with Gasteiger partial charge in [-0.1, -0.05) is 6.07 Å². The maximum atomic E-state index is 9.53. The molecule has 4 heteroatoms. The second kappa shape index (κ2) is 2.77. The van der Waals surface area contributed by atoms with Gasteiger partial charge in [-0.3, -0.25) is 5.21 Å². The van der Waals surface area contributed by atoms with Crippen LogP contribution >= 0.6 is 0 Å². The van der Waals surface area contributed by atoms with Crippen LogP contribution in [0, 0.1) is 6.92 Å².